The maximum Gasteiger partial charge on any atom is 0.191 e. The molecule has 2 unspecified atom stereocenters. The molecule has 0 radical (unpaired) electrons. The second-order valence-corrected chi connectivity index (χ2v) is 10.7. The van der Waals surface area contributed by atoms with Crippen LogP contribution >= 0.6 is 0 Å². The van der Waals surface area contributed by atoms with Gasteiger partial charge in [0.25, 0.3) is 0 Å². The maximum atomic E-state index is 12.3. The summed E-state index contributed by atoms with van der Waals surface area (Å²) in [5, 5.41) is 6.66. The van der Waals surface area contributed by atoms with Crippen LogP contribution in [-0.4, -0.2) is 65.4 Å². The Hall–Kier alpha value is -1.60. The predicted octanol–water partition coefficient (Wildman–Crippen LogP) is 2.93. The predicted molar refractivity (Wildman–Crippen MR) is 123 cm³/mol. The van der Waals surface area contributed by atoms with Crippen molar-refractivity contribution in [1.29, 1.82) is 0 Å². The van der Waals surface area contributed by atoms with Crippen LogP contribution in [0.5, 0.6) is 5.75 Å². The highest BCUT2D eigenvalue weighted by molar-refractivity contribution is 7.86. The third kappa shape index (κ3) is 7.63. The molecular weight excluding hydrogens is 384 g/mol. The number of ether oxygens (including phenoxy) is 1. The molecule has 0 amide bonds. The molecule has 164 valence electrons. The van der Waals surface area contributed by atoms with Crippen LogP contribution in [0.1, 0.15) is 52.1 Å². The molecule has 1 fully saturated rings. The van der Waals surface area contributed by atoms with Gasteiger partial charge in [-0.3, -0.25) is 14.1 Å². The molecule has 29 heavy (non-hydrogen) atoms. The Labute approximate surface area is 179 Å². The summed E-state index contributed by atoms with van der Waals surface area (Å²) in [4.78, 5) is 7.38. The number of rotatable bonds is 9. The molecule has 0 saturated carbocycles. The molecule has 0 spiro atoms. The van der Waals surface area contributed by atoms with Crippen LogP contribution in [0.15, 0.2) is 29.3 Å². The van der Waals surface area contributed by atoms with Gasteiger partial charge in [0.05, 0.1) is 19.7 Å². The Kier molecular flexibility index (Phi) is 9.43. The summed E-state index contributed by atoms with van der Waals surface area (Å²) in [6.07, 6.45) is 2.49. The quantitative estimate of drug-likeness (QED) is 0.473. The lowest BCUT2D eigenvalue weighted by Gasteiger charge is -2.27. The van der Waals surface area contributed by atoms with Gasteiger partial charge in [-0.2, -0.15) is 0 Å². The van der Waals surface area contributed by atoms with E-state index in [0.29, 0.717) is 18.8 Å². The highest BCUT2D eigenvalue weighted by Gasteiger charge is 2.23. The monoisotopic (exact) mass is 422 g/mol. The first-order valence-electron chi connectivity index (χ1n) is 10.6. The SMILES string of the molecule is CCNC(=NCC(c1ccc(OC)cc1)N1CCCC1)NCCS(=O)C(C)(C)C. The van der Waals surface area contributed by atoms with Crippen LogP contribution in [0.3, 0.4) is 0 Å². The molecule has 7 heteroatoms. The van der Waals surface area contributed by atoms with E-state index in [9.17, 15) is 4.21 Å². The fourth-order valence-corrected chi connectivity index (χ4v) is 4.30. The summed E-state index contributed by atoms with van der Waals surface area (Å²) in [5.74, 6) is 2.28. The summed E-state index contributed by atoms with van der Waals surface area (Å²) in [5.41, 5.74) is 1.26. The van der Waals surface area contributed by atoms with E-state index in [2.05, 4.69) is 34.6 Å². The lowest BCUT2D eigenvalue weighted by atomic mass is 10.1. The van der Waals surface area contributed by atoms with Crippen molar-refractivity contribution in [3.63, 3.8) is 0 Å². The molecule has 6 nitrogen and oxygen atoms in total. The van der Waals surface area contributed by atoms with Crippen LogP contribution < -0.4 is 15.4 Å². The van der Waals surface area contributed by atoms with Crippen molar-refractivity contribution in [2.75, 3.05) is 45.6 Å². The normalized spacial score (nSPS) is 17.8. The van der Waals surface area contributed by atoms with Crippen LogP contribution in [0, 0.1) is 0 Å². The van der Waals surface area contributed by atoms with E-state index in [1.165, 1.54) is 18.4 Å². The van der Waals surface area contributed by atoms with Gasteiger partial charge in [0.15, 0.2) is 5.96 Å². The summed E-state index contributed by atoms with van der Waals surface area (Å²) in [7, 11) is 0.822. The maximum absolute atomic E-state index is 12.3. The molecule has 2 atom stereocenters. The Bertz CT molecular complexity index is 664. The zero-order chi connectivity index (χ0) is 21.3. The van der Waals surface area contributed by atoms with E-state index in [4.69, 9.17) is 9.73 Å². The Balaban J connectivity index is 2.05. The molecule has 2 rings (SSSR count). The Morgan fingerprint density at radius 1 is 1.21 bits per heavy atom. The summed E-state index contributed by atoms with van der Waals surface area (Å²) in [6.45, 7) is 12.4. The first kappa shape index (κ1) is 23.7. The van der Waals surface area contributed by atoms with E-state index < -0.39 is 10.8 Å². The lowest BCUT2D eigenvalue weighted by molar-refractivity contribution is 0.251. The second kappa shape index (κ2) is 11.6. The third-order valence-corrected chi connectivity index (χ3v) is 7.05. The summed E-state index contributed by atoms with van der Waals surface area (Å²) < 4.78 is 17.4. The number of methoxy groups -OCH3 is 1. The zero-order valence-electron chi connectivity index (χ0n) is 18.7. The smallest absolute Gasteiger partial charge is 0.191 e. The van der Waals surface area contributed by atoms with Crippen molar-refractivity contribution >= 4 is 16.8 Å². The Morgan fingerprint density at radius 3 is 2.41 bits per heavy atom. The van der Waals surface area contributed by atoms with E-state index in [1.54, 1.807) is 7.11 Å². The van der Waals surface area contributed by atoms with Crippen molar-refractivity contribution in [3.8, 4) is 5.75 Å². The molecule has 1 aliphatic heterocycles. The standard InChI is InChI=1S/C22H38N4O2S/c1-6-23-21(24-13-16-29(27)22(2,3)4)25-17-20(26-14-7-8-15-26)18-9-11-19(28-5)12-10-18/h9-12,20H,6-8,13-17H2,1-5H3,(H2,23,24,25). The zero-order valence-corrected chi connectivity index (χ0v) is 19.5. The molecule has 1 saturated heterocycles. The fourth-order valence-electron chi connectivity index (χ4n) is 3.40. The topological polar surface area (TPSA) is 66.0 Å². The van der Waals surface area contributed by atoms with E-state index in [0.717, 1.165) is 31.3 Å². The number of likely N-dealkylation sites (tertiary alicyclic amines) is 1. The van der Waals surface area contributed by atoms with Crippen molar-refractivity contribution in [2.24, 2.45) is 4.99 Å². The summed E-state index contributed by atoms with van der Waals surface area (Å²) in [6, 6.07) is 8.58. The van der Waals surface area contributed by atoms with Gasteiger partial charge in [-0.05, 0) is 71.3 Å². The van der Waals surface area contributed by atoms with E-state index in [-0.39, 0.29) is 10.8 Å². The highest BCUT2D eigenvalue weighted by Crippen LogP contribution is 2.27. The molecular formula is C22H38N4O2S. The van der Waals surface area contributed by atoms with Crippen LogP contribution in [0.2, 0.25) is 0 Å². The molecule has 1 heterocycles. The number of nitrogens with one attached hydrogen (secondary N) is 2. The van der Waals surface area contributed by atoms with Gasteiger partial charge in [-0.15, -0.1) is 0 Å². The van der Waals surface area contributed by atoms with Crippen LogP contribution in [0.4, 0.5) is 0 Å². The molecule has 0 aliphatic carbocycles. The van der Waals surface area contributed by atoms with Crippen molar-refractivity contribution in [3.05, 3.63) is 29.8 Å². The van der Waals surface area contributed by atoms with Crippen molar-refractivity contribution in [2.45, 2.75) is 51.3 Å². The van der Waals surface area contributed by atoms with Crippen LogP contribution in [-0.2, 0) is 10.8 Å². The number of aliphatic imine (C=N–C) groups is 1. The minimum atomic E-state index is -0.871. The molecule has 0 aromatic heterocycles. The number of hydrogen-bond acceptors (Lipinski definition) is 4. The molecule has 0 bridgehead atoms. The van der Waals surface area contributed by atoms with Crippen molar-refractivity contribution < 1.29 is 8.95 Å². The first-order chi connectivity index (χ1) is 13.8. The average Bonchev–Trinajstić information content (AvgIpc) is 3.22. The minimum Gasteiger partial charge on any atom is -0.497 e. The van der Waals surface area contributed by atoms with Gasteiger partial charge in [0.2, 0.25) is 0 Å². The van der Waals surface area contributed by atoms with E-state index in [1.807, 2.05) is 32.9 Å². The number of guanidine groups is 1. The number of hydrogen-bond donors (Lipinski definition) is 2. The summed E-state index contributed by atoms with van der Waals surface area (Å²) >= 11 is 0. The van der Waals surface area contributed by atoms with Gasteiger partial charge >= 0.3 is 0 Å². The van der Waals surface area contributed by atoms with Gasteiger partial charge in [-0.1, -0.05) is 12.1 Å². The van der Waals surface area contributed by atoms with Gasteiger partial charge in [-0.25, -0.2) is 0 Å². The Morgan fingerprint density at radius 2 is 1.86 bits per heavy atom. The number of benzene rings is 1. The second-order valence-electron chi connectivity index (χ2n) is 8.34. The highest BCUT2D eigenvalue weighted by atomic mass is 32.2. The average molecular weight is 423 g/mol. The number of nitrogens with zero attached hydrogens (tertiary/aromatic N) is 2. The van der Waals surface area contributed by atoms with Crippen LogP contribution in [0.25, 0.3) is 0 Å². The van der Waals surface area contributed by atoms with Gasteiger partial charge in [0, 0.05) is 34.4 Å². The molecule has 1 aliphatic rings. The lowest BCUT2D eigenvalue weighted by Crippen LogP contribution is -2.41. The van der Waals surface area contributed by atoms with Gasteiger partial charge in [0.1, 0.15) is 5.75 Å². The fraction of sp³-hybridized carbons (Fsp3) is 0.682. The van der Waals surface area contributed by atoms with Crippen molar-refractivity contribution in [1.82, 2.24) is 15.5 Å². The molecule has 1 aromatic carbocycles. The molecule has 1 aromatic rings. The van der Waals surface area contributed by atoms with E-state index >= 15 is 0 Å². The third-order valence-electron chi connectivity index (χ3n) is 5.11. The minimum absolute atomic E-state index is 0.188. The van der Waals surface area contributed by atoms with Gasteiger partial charge < -0.3 is 15.4 Å². The largest absolute Gasteiger partial charge is 0.497 e. The molecule has 2 N–H and O–H groups in total. The first-order valence-corrected chi connectivity index (χ1v) is 12.0.